The van der Waals surface area contributed by atoms with E-state index >= 15 is 0 Å². The van der Waals surface area contributed by atoms with Crippen molar-refractivity contribution in [2.75, 3.05) is 4.72 Å². The number of benzene rings is 1. The van der Waals surface area contributed by atoms with Crippen molar-refractivity contribution in [2.24, 2.45) is 0 Å². The fraction of sp³-hybridized carbons (Fsp3) is 0. The zero-order valence-electron chi connectivity index (χ0n) is 9.32. The second-order valence-corrected chi connectivity index (χ2v) is 7.69. The molecule has 0 saturated heterocycles. The van der Waals surface area contributed by atoms with Gasteiger partial charge in [-0.3, -0.25) is 4.72 Å². The van der Waals surface area contributed by atoms with Crippen molar-refractivity contribution >= 4 is 54.6 Å². The highest BCUT2D eigenvalue weighted by molar-refractivity contribution is 14.1. The zero-order chi connectivity index (χ0) is 13.5. The molecule has 2 heterocycles. The van der Waals surface area contributed by atoms with E-state index in [2.05, 4.69) is 37.4 Å². The van der Waals surface area contributed by atoms with Crippen LogP contribution in [0.3, 0.4) is 0 Å². The van der Waals surface area contributed by atoms with Crippen molar-refractivity contribution in [2.45, 2.75) is 4.34 Å². The Bertz CT molecular complexity index is 794. The van der Waals surface area contributed by atoms with Crippen molar-refractivity contribution in [3.63, 3.8) is 0 Å². The summed E-state index contributed by atoms with van der Waals surface area (Å²) in [5.74, 6) is 0. The van der Waals surface area contributed by atoms with E-state index in [9.17, 15) is 8.42 Å². The molecule has 0 amide bonds. The van der Waals surface area contributed by atoms with Gasteiger partial charge in [0.05, 0.1) is 6.20 Å². The van der Waals surface area contributed by atoms with E-state index in [1.54, 1.807) is 24.5 Å². The van der Waals surface area contributed by atoms with Crippen molar-refractivity contribution in [1.29, 1.82) is 0 Å². The second-order valence-electron chi connectivity index (χ2n) is 3.63. The highest BCUT2D eigenvalue weighted by Crippen LogP contribution is 2.21. The van der Waals surface area contributed by atoms with Gasteiger partial charge in [-0.1, -0.05) is 11.3 Å². The first kappa shape index (κ1) is 12.8. The fourth-order valence-corrected chi connectivity index (χ4v) is 3.91. The number of hydrogen-bond donors (Lipinski definition) is 1. The van der Waals surface area contributed by atoms with Crippen LogP contribution in [0.4, 0.5) is 5.69 Å². The van der Waals surface area contributed by atoms with Gasteiger partial charge in [0.2, 0.25) is 4.96 Å². The average Bonchev–Trinajstić information content (AvgIpc) is 2.92. The molecule has 0 unspecified atom stereocenters. The van der Waals surface area contributed by atoms with Crippen LogP contribution in [-0.2, 0) is 10.0 Å². The lowest BCUT2D eigenvalue weighted by molar-refractivity contribution is 0.598. The fourth-order valence-electron chi connectivity index (χ4n) is 1.44. The summed E-state index contributed by atoms with van der Waals surface area (Å²) in [6.07, 6.45) is 3.18. The first-order chi connectivity index (χ1) is 9.04. The van der Waals surface area contributed by atoms with E-state index in [1.807, 2.05) is 12.1 Å². The lowest BCUT2D eigenvalue weighted by atomic mass is 10.3. The molecule has 0 atom stereocenters. The molecule has 1 N–H and O–H groups in total. The molecule has 0 fully saturated rings. The second kappa shape index (κ2) is 4.72. The minimum atomic E-state index is -3.66. The quantitative estimate of drug-likeness (QED) is 0.677. The molecule has 0 saturated carbocycles. The van der Waals surface area contributed by atoms with Crippen LogP contribution in [0.15, 0.2) is 41.0 Å². The SMILES string of the molecule is O=S(=O)(Nc1ccc(I)cc1)c1nn2ccnc2s1. The Kier molecular flexibility index (Phi) is 3.19. The molecular formula is C10H7IN4O2S2. The molecular weight excluding hydrogens is 399 g/mol. The molecule has 0 spiro atoms. The number of aromatic nitrogens is 3. The number of fused-ring (bicyclic) bond motifs is 1. The summed E-state index contributed by atoms with van der Waals surface area (Å²) in [4.78, 5) is 4.54. The van der Waals surface area contributed by atoms with Crippen molar-refractivity contribution in [3.8, 4) is 0 Å². The molecule has 3 aromatic rings. The molecule has 98 valence electrons. The third-order valence-corrected chi connectivity index (χ3v) is 5.69. The number of nitrogens with zero attached hydrogens (tertiary/aromatic N) is 3. The topological polar surface area (TPSA) is 76.4 Å². The van der Waals surface area contributed by atoms with E-state index < -0.39 is 10.0 Å². The Hall–Kier alpha value is -1.20. The predicted molar refractivity (Wildman–Crippen MR) is 80.8 cm³/mol. The van der Waals surface area contributed by atoms with Crippen LogP contribution in [0.2, 0.25) is 0 Å². The third-order valence-electron chi connectivity index (χ3n) is 2.28. The van der Waals surface area contributed by atoms with Gasteiger partial charge in [-0.05, 0) is 46.9 Å². The largest absolute Gasteiger partial charge is 0.291 e. The Morgan fingerprint density at radius 3 is 2.68 bits per heavy atom. The summed E-state index contributed by atoms with van der Waals surface area (Å²) in [6.45, 7) is 0. The Labute approximate surface area is 126 Å². The summed E-state index contributed by atoms with van der Waals surface area (Å²) in [6, 6.07) is 7.07. The molecule has 6 nitrogen and oxygen atoms in total. The van der Waals surface area contributed by atoms with E-state index in [0.717, 1.165) is 14.9 Å². The van der Waals surface area contributed by atoms with E-state index in [-0.39, 0.29) is 4.34 Å². The van der Waals surface area contributed by atoms with Crippen molar-refractivity contribution in [3.05, 3.63) is 40.2 Å². The van der Waals surface area contributed by atoms with Crippen LogP contribution < -0.4 is 4.72 Å². The first-order valence-electron chi connectivity index (χ1n) is 5.13. The van der Waals surface area contributed by atoms with E-state index in [1.165, 1.54) is 4.52 Å². The zero-order valence-corrected chi connectivity index (χ0v) is 13.1. The number of anilines is 1. The molecule has 3 rings (SSSR count). The molecule has 0 aliphatic carbocycles. The van der Waals surface area contributed by atoms with Gasteiger partial charge >= 0.3 is 0 Å². The van der Waals surface area contributed by atoms with Gasteiger partial charge in [0.15, 0.2) is 0 Å². The highest BCUT2D eigenvalue weighted by Gasteiger charge is 2.20. The lowest BCUT2D eigenvalue weighted by Gasteiger charge is -2.04. The third kappa shape index (κ3) is 2.58. The number of halogens is 1. The molecule has 2 aromatic heterocycles. The minimum Gasteiger partial charge on any atom is -0.278 e. The molecule has 0 radical (unpaired) electrons. The Morgan fingerprint density at radius 1 is 1.26 bits per heavy atom. The summed E-state index contributed by atoms with van der Waals surface area (Å²) in [5.41, 5.74) is 0.508. The Morgan fingerprint density at radius 2 is 2.00 bits per heavy atom. The van der Waals surface area contributed by atoms with Gasteiger partial charge in [-0.25, -0.2) is 9.50 Å². The summed E-state index contributed by atoms with van der Waals surface area (Å²) in [5, 5.41) is 3.98. The monoisotopic (exact) mass is 406 g/mol. The maximum Gasteiger partial charge on any atom is 0.291 e. The van der Waals surface area contributed by atoms with Crippen LogP contribution in [-0.4, -0.2) is 23.0 Å². The predicted octanol–water partition coefficient (Wildman–Crippen LogP) is 2.20. The van der Waals surface area contributed by atoms with Crippen LogP contribution >= 0.6 is 33.9 Å². The lowest BCUT2D eigenvalue weighted by Crippen LogP contribution is -2.13. The summed E-state index contributed by atoms with van der Waals surface area (Å²) in [7, 11) is -3.66. The number of hydrogen-bond acceptors (Lipinski definition) is 5. The molecule has 0 aliphatic rings. The smallest absolute Gasteiger partial charge is 0.278 e. The van der Waals surface area contributed by atoms with Crippen molar-refractivity contribution < 1.29 is 8.42 Å². The van der Waals surface area contributed by atoms with Crippen molar-refractivity contribution in [1.82, 2.24) is 14.6 Å². The van der Waals surface area contributed by atoms with Gasteiger partial charge in [0.1, 0.15) is 0 Å². The highest BCUT2D eigenvalue weighted by atomic mass is 127. The Balaban J connectivity index is 1.94. The molecule has 9 heteroatoms. The maximum atomic E-state index is 12.1. The van der Waals surface area contributed by atoms with Gasteiger partial charge in [0.25, 0.3) is 14.4 Å². The molecule has 1 aromatic carbocycles. The van der Waals surface area contributed by atoms with E-state index in [0.29, 0.717) is 10.6 Å². The number of sulfonamides is 1. The van der Waals surface area contributed by atoms with Gasteiger partial charge < -0.3 is 0 Å². The number of rotatable bonds is 3. The van der Waals surface area contributed by atoms with Gasteiger partial charge in [-0.15, -0.1) is 5.10 Å². The molecule has 0 aliphatic heterocycles. The number of nitrogens with one attached hydrogen (secondary N) is 1. The van der Waals surface area contributed by atoms with Crippen LogP contribution in [0.1, 0.15) is 0 Å². The molecule has 0 bridgehead atoms. The van der Waals surface area contributed by atoms with Crippen LogP contribution in [0, 0.1) is 3.57 Å². The summed E-state index contributed by atoms with van der Waals surface area (Å²) >= 11 is 3.18. The summed E-state index contributed by atoms with van der Waals surface area (Å²) < 4.78 is 29.3. The molecule has 19 heavy (non-hydrogen) atoms. The maximum absolute atomic E-state index is 12.1. The normalized spacial score (nSPS) is 11.8. The average molecular weight is 406 g/mol. The first-order valence-corrected chi connectivity index (χ1v) is 8.51. The van der Waals surface area contributed by atoms with Crippen LogP contribution in [0.5, 0.6) is 0 Å². The van der Waals surface area contributed by atoms with Crippen LogP contribution in [0.25, 0.3) is 4.96 Å². The van der Waals surface area contributed by atoms with Gasteiger partial charge in [-0.2, -0.15) is 8.42 Å². The number of imidazole rings is 1. The van der Waals surface area contributed by atoms with E-state index in [4.69, 9.17) is 0 Å². The standard InChI is InChI=1S/C10H7IN4O2S2/c11-7-1-3-8(4-2-7)14-19(16,17)10-13-15-6-5-12-9(15)18-10/h1-6,14H. The minimum absolute atomic E-state index is 0.00542. The van der Waals surface area contributed by atoms with Gasteiger partial charge in [0, 0.05) is 15.5 Å².